The molecule has 1 aliphatic carbocycles. The average molecular weight is 541 g/mol. The van der Waals surface area contributed by atoms with E-state index in [0.717, 1.165) is 5.56 Å². The van der Waals surface area contributed by atoms with E-state index in [-0.39, 0.29) is 48.0 Å². The van der Waals surface area contributed by atoms with Gasteiger partial charge in [-0.1, -0.05) is 65.0 Å². The van der Waals surface area contributed by atoms with Gasteiger partial charge in [-0.25, -0.2) is 4.79 Å². The minimum absolute atomic E-state index is 0.0609. The number of rotatable bonds is 9. The van der Waals surface area contributed by atoms with Crippen LogP contribution in [-0.2, 0) is 30.5 Å². The van der Waals surface area contributed by atoms with E-state index in [9.17, 15) is 24.0 Å². The van der Waals surface area contributed by atoms with Gasteiger partial charge in [-0.15, -0.1) is 0 Å². The van der Waals surface area contributed by atoms with Crippen LogP contribution in [0.4, 0.5) is 4.79 Å². The number of piperidine rings is 1. The number of carbonyl (C=O) groups is 5. The van der Waals surface area contributed by atoms with Crippen molar-refractivity contribution in [2.24, 2.45) is 28.6 Å². The summed E-state index contributed by atoms with van der Waals surface area (Å²) >= 11 is 0. The molecule has 2 aliphatic heterocycles. The van der Waals surface area contributed by atoms with E-state index in [1.54, 1.807) is 4.90 Å². The van der Waals surface area contributed by atoms with Crippen molar-refractivity contribution in [3.63, 3.8) is 0 Å². The van der Waals surface area contributed by atoms with Crippen molar-refractivity contribution in [2.45, 2.75) is 72.2 Å². The first kappa shape index (κ1) is 28.6. The number of ether oxygens (including phenoxy) is 1. The van der Waals surface area contributed by atoms with Crippen LogP contribution < -0.4 is 16.0 Å². The van der Waals surface area contributed by atoms with Crippen LogP contribution in [0.5, 0.6) is 0 Å². The SMILES string of the molecule is CC(C)(C)[C@H](NC(=O)OCc1ccccc1)C(=O)N1C[C@H]2[C@@H]([C@H]1C(=O)N[C@H](C=O)C[C@@H]1CCNC1=O)C2(C)C. The lowest BCUT2D eigenvalue weighted by atomic mass is 9.85. The lowest BCUT2D eigenvalue weighted by Gasteiger charge is -2.37. The third-order valence-electron chi connectivity index (χ3n) is 8.54. The van der Waals surface area contributed by atoms with Crippen molar-refractivity contribution in [3.05, 3.63) is 35.9 Å². The highest BCUT2D eigenvalue weighted by Crippen LogP contribution is 2.65. The molecule has 3 aliphatic rings. The predicted octanol–water partition coefficient (Wildman–Crippen LogP) is 2.02. The largest absolute Gasteiger partial charge is 0.445 e. The van der Waals surface area contributed by atoms with Gasteiger partial charge in [-0.05, 0) is 41.1 Å². The zero-order chi connectivity index (χ0) is 28.5. The maximum atomic E-state index is 13.9. The van der Waals surface area contributed by atoms with Gasteiger partial charge in [0.2, 0.25) is 17.7 Å². The number of benzene rings is 1. The summed E-state index contributed by atoms with van der Waals surface area (Å²) in [4.78, 5) is 65.6. The van der Waals surface area contributed by atoms with Crippen molar-refractivity contribution < 1.29 is 28.7 Å². The smallest absolute Gasteiger partial charge is 0.408 e. The molecule has 1 aromatic carbocycles. The Bertz CT molecular complexity index is 1110. The average Bonchev–Trinajstić information content (AvgIpc) is 3.23. The summed E-state index contributed by atoms with van der Waals surface area (Å²) in [5.74, 6) is -1.14. The number of alkyl carbamates (subject to hydrolysis) is 1. The number of amides is 4. The lowest BCUT2D eigenvalue weighted by Crippen LogP contribution is -2.60. The summed E-state index contributed by atoms with van der Waals surface area (Å²) in [6, 6.07) is 6.72. The summed E-state index contributed by atoms with van der Waals surface area (Å²) in [5.41, 5.74) is 0.0395. The third-order valence-corrected chi connectivity index (χ3v) is 8.54. The van der Waals surface area contributed by atoms with Gasteiger partial charge in [0.25, 0.3) is 0 Å². The molecule has 0 bridgehead atoms. The molecule has 4 amide bonds. The Morgan fingerprint density at radius 1 is 1.18 bits per heavy atom. The molecule has 3 N–H and O–H groups in total. The zero-order valence-corrected chi connectivity index (χ0v) is 23.4. The second-order valence-electron chi connectivity index (χ2n) is 12.7. The summed E-state index contributed by atoms with van der Waals surface area (Å²) in [6.07, 6.45) is 0.777. The fourth-order valence-electron chi connectivity index (χ4n) is 6.10. The molecule has 2 saturated heterocycles. The van der Waals surface area contributed by atoms with Crippen LogP contribution in [-0.4, -0.2) is 66.2 Å². The summed E-state index contributed by atoms with van der Waals surface area (Å²) < 4.78 is 5.37. The van der Waals surface area contributed by atoms with E-state index in [0.29, 0.717) is 25.8 Å². The van der Waals surface area contributed by atoms with E-state index < -0.39 is 35.5 Å². The Morgan fingerprint density at radius 3 is 2.46 bits per heavy atom. The molecule has 0 aromatic heterocycles. The summed E-state index contributed by atoms with van der Waals surface area (Å²) in [7, 11) is 0. The van der Waals surface area contributed by atoms with Crippen LogP contribution in [0.2, 0.25) is 0 Å². The van der Waals surface area contributed by atoms with Crippen molar-refractivity contribution in [1.29, 1.82) is 0 Å². The minimum atomic E-state index is -0.930. The molecular weight excluding hydrogens is 500 g/mol. The number of nitrogens with one attached hydrogen (secondary N) is 3. The maximum Gasteiger partial charge on any atom is 0.408 e. The molecule has 3 fully saturated rings. The molecule has 0 unspecified atom stereocenters. The van der Waals surface area contributed by atoms with E-state index in [1.807, 2.05) is 51.1 Å². The number of fused-ring (bicyclic) bond motifs is 1. The first-order valence-electron chi connectivity index (χ1n) is 13.7. The molecule has 10 nitrogen and oxygen atoms in total. The number of aldehydes is 1. The Hall–Kier alpha value is -3.43. The van der Waals surface area contributed by atoms with Crippen LogP contribution in [0.15, 0.2) is 30.3 Å². The van der Waals surface area contributed by atoms with Crippen LogP contribution in [0, 0.1) is 28.6 Å². The first-order valence-corrected chi connectivity index (χ1v) is 13.7. The van der Waals surface area contributed by atoms with Gasteiger partial charge in [0.05, 0.1) is 6.04 Å². The Morgan fingerprint density at radius 2 is 1.87 bits per heavy atom. The maximum absolute atomic E-state index is 13.9. The number of hydrogen-bond donors (Lipinski definition) is 3. The molecule has 4 rings (SSSR count). The standard InChI is InChI=1S/C29H40N4O6/c1-28(2,3)23(32-27(38)39-16-17-9-7-6-8-10-17)26(37)33-14-20-21(29(20,4)5)22(33)25(36)31-19(15-34)13-18-11-12-30-24(18)35/h6-10,15,18-23H,11-14,16H2,1-5H3,(H,30,35)(H,31,36)(H,32,38)/t18-,19-,20-,21-,22-,23+/m0/s1. The fourth-order valence-corrected chi connectivity index (χ4v) is 6.10. The van der Waals surface area contributed by atoms with Gasteiger partial charge in [0.1, 0.15) is 25.0 Å². The first-order chi connectivity index (χ1) is 18.3. The van der Waals surface area contributed by atoms with Crippen LogP contribution in [0.25, 0.3) is 0 Å². The van der Waals surface area contributed by atoms with E-state index in [4.69, 9.17) is 4.74 Å². The Labute approximate surface area is 229 Å². The number of nitrogens with zero attached hydrogens (tertiary/aromatic N) is 1. The second-order valence-corrected chi connectivity index (χ2v) is 12.7. The normalized spacial score (nSPS) is 26.6. The monoisotopic (exact) mass is 540 g/mol. The lowest BCUT2D eigenvalue weighted by molar-refractivity contribution is -0.144. The van der Waals surface area contributed by atoms with Gasteiger partial charge in [0.15, 0.2) is 0 Å². The molecule has 10 heteroatoms. The minimum Gasteiger partial charge on any atom is -0.445 e. The second kappa shape index (κ2) is 11.0. The molecule has 1 aromatic rings. The van der Waals surface area contributed by atoms with Crippen molar-refractivity contribution >= 4 is 30.1 Å². The molecule has 0 radical (unpaired) electrons. The highest BCUT2D eigenvalue weighted by molar-refractivity contribution is 5.94. The highest BCUT2D eigenvalue weighted by Gasteiger charge is 2.69. The van der Waals surface area contributed by atoms with E-state index in [2.05, 4.69) is 29.8 Å². The topological polar surface area (TPSA) is 134 Å². The van der Waals surface area contributed by atoms with E-state index >= 15 is 0 Å². The van der Waals surface area contributed by atoms with Gasteiger partial charge >= 0.3 is 6.09 Å². The number of hydrogen-bond acceptors (Lipinski definition) is 6. The Balaban J connectivity index is 1.46. The molecule has 2 heterocycles. The molecule has 0 spiro atoms. The van der Waals surface area contributed by atoms with Crippen LogP contribution in [0.3, 0.4) is 0 Å². The molecule has 212 valence electrons. The summed E-state index contributed by atoms with van der Waals surface area (Å²) in [5, 5.41) is 8.28. The van der Waals surface area contributed by atoms with Gasteiger partial charge in [-0.3, -0.25) is 14.4 Å². The number of likely N-dealkylation sites (tertiary alicyclic amines) is 1. The fraction of sp³-hybridized carbons (Fsp3) is 0.621. The van der Waals surface area contributed by atoms with Crippen molar-refractivity contribution in [3.8, 4) is 0 Å². The van der Waals surface area contributed by atoms with Crippen molar-refractivity contribution in [1.82, 2.24) is 20.9 Å². The molecular formula is C29H40N4O6. The van der Waals surface area contributed by atoms with E-state index in [1.165, 1.54) is 0 Å². The molecule has 39 heavy (non-hydrogen) atoms. The van der Waals surface area contributed by atoms with Crippen LogP contribution in [0.1, 0.15) is 53.0 Å². The zero-order valence-electron chi connectivity index (χ0n) is 23.4. The number of carbonyl (C=O) groups excluding carboxylic acids is 5. The van der Waals surface area contributed by atoms with Crippen LogP contribution >= 0.6 is 0 Å². The quantitative estimate of drug-likeness (QED) is 0.411. The van der Waals surface area contributed by atoms with Gasteiger partial charge < -0.3 is 30.4 Å². The highest BCUT2D eigenvalue weighted by atomic mass is 16.5. The van der Waals surface area contributed by atoms with Gasteiger partial charge in [0, 0.05) is 19.0 Å². The van der Waals surface area contributed by atoms with Gasteiger partial charge in [-0.2, -0.15) is 0 Å². The summed E-state index contributed by atoms with van der Waals surface area (Å²) in [6.45, 7) is 10.7. The molecule has 6 atom stereocenters. The van der Waals surface area contributed by atoms with Crippen molar-refractivity contribution in [2.75, 3.05) is 13.1 Å². The third kappa shape index (κ3) is 6.09. The predicted molar refractivity (Wildman–Crippen MR) is 143 cm³/mol. The molecule has 1 saturated carbocycles. The Kier molecular flexibility index (Phi) is 8.04.